The Labute approximate surface area is 113 Å². The first-order valence-electron chi connectivity index (χ1n) is 5.48. The van der Waals surface area contributed by atoms with Crippen molar-refractivity contribution >= 4 is 23.0 Å². The van der Waals surface area contributed by atoms with Crippen molar-refractivity contribution in [1.82, 2.24) is 5.32 Å². The molecule has 0 radical (unpaired) electrons. The van der Waals surface area contributed by atoms with Crippen molar-refractivity contribution in [2.45, 2.75) is 6.92 Å². The van der Waals surface area contributed by atoms with Crippen molar-refractivity contribution in [2.75, 3.05) is 26.1 Å². The fourth-order valence-corrected chi connectivity index (χ4v) is 1.49. The van der Waals surface area contributed by atoms with Crippen molar-refractivity contribution in [1.29, 1.82) is 0 Å². The van der Waals surface area contributed by atoms with Crippen LogP contribution in [-0.2, 0) is 0 Å². The average molecular weight is 266 g/mol. The molecule has 0 bridgehead atoms. The summed E-state index contributed by atoms with van der Waals surface area (Å²) in [5, 5.41) is 6.63. The molecule has 18 heavy (non-hydrogen) atoms. The van der Waals surface area contributed by atoms with Crippen LogP contribution < -0.4 is 20.1 Å². The summed E-state index contributed by atoms with van der Waals surface area (Å²) in [6.45, 7) is 6.37. The number of hydrogen-bond donors (Lipinski definition) is 2. The van der Waals surface area contributed by atoms with E-state index in [0.29, 0.717) is 17.4 Å². The highest BCUT2D eigenvalue weighted by atomic mass is 32.1. The molecule has 2 N–H and O–H groups in total. The van der Waals surface area contributed by atoms with E-state index in [9.17, 15) is 0 Å². The second-order valence-corrected chi connectivity index (χ2v) is 4.24. The quantitative estimate of drug-likeness (QED) is 0.633. The molecule has 0 atom stereocenters. The van der Waals surface area contributed by atoms with Crippen molar-refractivity contribution < 1.29 is 9.47 Å². The van der Waals surface area contributed by atoms with Crippen LogP contribution in [0.1, 0.15) is 6.92 Å². The molecule has 0 saturated heterocycles. The second-order valence-electron chi connectivity index (χ2n) is 3.83. The summed E-state index contributed by atoms with van der Waals surface area (Å²) >= 11 is 5.18. The minimum atomic E-state index is 0.518. The molecule has 1 aromatic carbocycles. The summed E-state index contributed by atoms with van der Waals surface area (Å²) < 4.78 is 10.4. The molecule has 0 aliphatic carbocycles. The summed E-state index contributed by atoms with van der Waals surface area (Å²) in [5.74, 6) is 1.44. The Bertz CT molecular complexity index is 447. The van der Waals surface area contributed by atoms with Gasteiger partial charge in [-0.1, -0.05) is 12.2 Å². The summed E-state index contributed by atoms with van der Waals surface area (Å²) in [5.41, 5.74) is 1.77. The molecular formula is C13H18N2O2S. The van der Waals surface area contributed by atoms with Gasteiger partial charge in [0.1, 0.15) is 11.5 Å². The Morgan fingerprint density at radius 2 is 2.06 bits per heavy atom. The lowest BCUT2D eigenvalue weighted by atomic mass is 10.2. The molecule has 0 aliphatic heterocycles. The standard InChI is InChI=1S/C13H18N2O2S/c1-9(2)8-14-13(18)15-11-7-10(16-3)5-6-12(11)17-4/h5-7H,1,8H2,2-4H3,(H2,14,15,18). The van der Waals surface area contributed by atoms with E-state index in [1.54, 1.807) is 14.2 Å². The number of ether oxygens (including phenoxy) is 2. The van der Waals surface area contributed by atoms with E-state index in [-0.39, 0.29) is 0 Å². The van der Waals surface area contributed by atoms with Crippen LogP contribution in [0.25, 0.3) is 0 Å². The second kappa shape index (κ2) is 6.86. The van der Waals surface area contributed by atoms with Crippen LogP contribution in [0.2, 0.25) is 0 Å². The zero-order valence-corrected chi connectivity index (χ0v) is 11.7. The van der Waals surface area contributed by atoms with E-state index in [1.165, 1.54) is 0 Å². The van der Waals surface area contributed by atoms with Gasteiger partial charge in [-0.25, -0.2) is 0 Å². The van der Waals surface area contributed by atoms with Gasteiger partial charge in [-0.3, -0.25) is 0 Å². The van der Waals surface area contributed by atoms with E-state index in [4.69, 9.17) is 21.7 Å². The Morgan fingerprint density at radius 3 is 2.61 bits per heavy atom. The molecule has 0 fully saturated rings. The smallest absolute Gasteiger partial charge is 0.171 e. The predicted octanol–water partition coefficient (Wildman–Crippen LogP) is 2.57. The minimum absolute atomic E-state index is 0.518. The summed E-state index contributed by atoms with van der Waals surface area (Å²) in [6.07, 6.45) is 0. The molecule has 4 nitrogen and oxygen atoms in total. The molecule has 0 saturated carbocycles. The fourth-order valence-electron chi connectivity index (χ4n) is 1.31. The maximum Gasteiger partial charge on any atom is 0.171 e. The fraction of sp³-hybridized carbons (Fsp3) is 0.308. The molecule has 0 aliphatic rings. The minimum Gasteiger partial charge on any atom is -0.497 e. The largest absolute Gasteiger partial charge is 0.497 e. The summed E-state index contributed by atoms with van der Waals surface area (Å²) in [4.78, 5) is 0. The highest BCUT2D eigenvalue weighted by Crippen LogP contribution is 2.28. The van der Waals surface area contributed by atoms with Crippen LogP contribution in [0.15, 0.2) is 30.4 Å². The predicted molar refractivity (Wildman–Crippen MR) is 78.6 cm³/mol. The Kier molecular flexibility index (Phi) is 5.45. The van der Waals surface area contributed by atoms with Gasteiger partial charge >= 0.3 is 0 Å². The zero-order valence-electron chi connectivity index (χ0n) is 10.9. The molecule has 0 heterocycles. The number of hydrogen-bond acceptors (Lipinski definition) is 3. The van der Waals surface area contributed by atoms with Crippen LogP contribution in [-0.4, -0.2) is 25.9 Å². The van der Waals surface area contributed by atoms with Gasteiger partial charge in [-0.2, -0.15) is 0 Å². The number of benzene rings is 1. The molecule has 1 aromatic rings. The van der Waals surface area contributed by atoms with Crippen LogP contribution in [0.5, 0.6) is 11.5 Å². The molecule has 0 aromatic heterocycles. The van der Waals surface area contributed by atoms with E-state index in [2.05, 4.69) is 17.2 Å². The average Bonchev–Trinajstić information content (AvgIpc) is 2.36. The molecule has 5 heteroatoms. The monoisotopic (exact) mass is 266 g/mol. The van der Waals surface area contributed by atoms with Crippen molar-refractivity contribution in [2.24, 2.45) is 0 Å². The van der Waals surface area contributed by atoms with Gasteiger partial charge in [0.2, 0.25) is 0 Å². The molecule has 0 amide bonds. The molecular weight excluding hydrogens is 248 g/mol. The lowest BCUT2D eigenvalue weighted by Gasteiger charge is -2.14. The Balaban J connectivity index is 2.75. The van der Waals surface area contributed by atoms with E-state index in [1.807, 2.05) is 25.1 Å². The SMILES string of the molecule is C=C(C)CNC(=S)Nc1cc(OC)ccc1OC. The molecule has 98 valence electrons. The molecule has 0 spiro atoms. The van der Waals surface area contributed by atoms with Gasteiger partial charge in [0.25, 0.3) is 0 Å². The summed E-state index contributed by atoms with van der Waals surface area (Å²) in [6, 6.07) is 5.48. The van der Waals surface area contributed by atoms with Gasteiger partial charge in [0.05, 0.1) is 19.9 Å². The van der Waals surface area contributed by atoms with Gasteiger partial charge in [-0.05, 0) is 31.3 Å². The van der Waals surface area contributed by atoms with Gasteiger partial charge in [0, 0.05) is 12.6 Å². The first-order chi connectivity index (χ1) is 8.56. The maximum atomic E-state index is 5.25. The number of anilines is 1. The van der Waals surface area contributed by atoms with Crippen LogP contribution >= 0.6 is 12.2 Å². The third-order valence-electron chi connectivity index (χ3n) is 2.21. The normalized spacial score (nSPS) is 9.50. The lowest BCUT2D eigenvalue weighted by Crippen LogP contribution is -2.29. The van der Waals surface area contributed by atoms with E-state index in [0.717, 1.165) is 17.0 Å². The topological polar surface area (TPSA) is 42.5 Å². The van der Waals surface area contributed by atoms with Crippen molar-refractivity contribution in [3.8, 4) is 11.5 Å². The molecule has 0 unspecified atom stereocenters. The van der Waals surface area contributed by atoms with Crippen molar-refractivity contribution in [3.05, 3.63) is 30.4 Å². The van der Waals surface area contributed by atoms with Gasteiger partial charge in [0.15, 0.2) is 5.11 Å². The number of rotatable bonds is 5. The van der Waals surface area contributed by atoms with Gasteiger partial charge in [-0.15, -0.1) is 0 Å². The lowest BCUT2D eigenvalue weighted by molar-refractivity contribution is 0.405. The van der Waals surface area contributed by atoms with E-state index < -0.39 is 0 Å². The number of methoxy groups -OCH3 is 2. The van der Waals surface area contributed by atoms with Crippen LogP contribution in [0.4, 0.5) is 5.69 Å². The maximum absolute atomic E-state index is 5.25. The number of thiocarbonyl (C=S) groups is 1. The zero-order chi connectivity index (χ0) is 13.5. The molecule has 1 rings (SSSR count). The third-order valence-corrected chi connectivity index (χ3v) is 2.45. The third kappa shape index (κ3) is 4.25. The highest BCUT2D eigenvalue weighted by Gasteiger charge is 2.06. The van der Waals surface area contributed by atoms with Crippen LogP contribution in [0, 0.1) is 0 Å². The Morgan fingerprint density at radius 1 is 1.33 bits per heavy atom. The first kappa shape index (κ1) is 14.3. The van der Waals surface area contributed by atoms with E-state index >= 15 is 0 Å². The Hall–Kier alpha value is -1.75. The summed E-state index contributed by atoms with van der Waals surface area (Å²) in [7, 11) is 3.22. The van der Waals surface area contributed by atoms with Crippen LogP contribution in [0.3, 0.4) is 0 Å². The van der Waals surface area contributed by atoms with Crippen molar-refractivity contribution in [3.63, 3.8) is 0 Å². The number of nitrogens with one attached hydrogen (secondary N) is 2. The highest BCUT2D eigenvalue weighted by molar-refractivity contribution is 7.80. The first-order valence-corrected chi connectivity index (χ1v) is 5.89. The van der Waals surface area contributed by atoms with Gasteiger partial charge < -0.3 is 20.1 Å².